The minimum absolute atomic E-state index is 0.127. The maximum Gasteiger partial charge on any atom is 0.239 e. The van der Waals surface area contributed by atoms with Crippen molar-refractivity contribution >= 4 is 33.2 Å². The van der Waals surface area contributed by atoms with Gasteiger partial charge < -0.3 is 10.1 Å². The molecule has 0 aliphatic carbocycles. The van der Waals surface area contributed by atoms with Gasteiger partial charge in [0.25, 0.3) is 0 Å². The molecule has 0 saturated carbocycles. The summed E-state index contributed by atoms with van der Waals surface area (Å²) >= 11 is 5.84. The minimum Gasteiger partial charge on any atom is -0.383 e. The number of anilines is 1. The summed E-state index contributed by atoms with van der Waals surface area (Å²) in [5.41, 5.74) is 1.41. The summed E-state index contributed by atoms with van der Waals surface area (Å²) in [5, 5.41) is 3.24. The third kappa shape index (κ3) is 6.01. The molecule has 1 N–H and O–H groups in total. The molecule has 6 nitrogen and oxygen atoms in total. The summed E-state index contributed by atoms with van der Waals surface area (Å²) in [7, 11) is -2.00. The molecule has 0 fully saturated rings. The van der Waals surface area contributed by atoms with Gasteiger partial charge in [0.2, 0.25) is 15.9 Å². The number of hydrogen-bond donors (Lipinski definition) is 1. The normalized spacial score (nSPS) is 11.7. The van der Waals surface area contributed by atoms with Crippen LogP contribution in [0.15, 0.2) is 18.2 Å². The van der Waals surface area contributed by atoms with E-state index in [0.29, 0.717) is 10.7 Å². The van der Waals surface area contributed by atoms with Crippen LogP contribution in [0.5, 0.6) is 0 Å². The van der Waals surface area contributed by atoms with Crippen LogP contribution in [0.25, 0.3) is 0 Å². The van der Waals surface area contributed by atoms with Crippen LogP contribution >= 0.6 is 11.6 Å². The molecule has 1 aromatic carbocycles. The highest BCUT2D eigenvalue weighted by Gasteiger charge is 2.20. The molecule has 0 bridgehead atoms. The second-order valence-corrected chi connectivity index (χ2v) is 7.02. The average Bonchev–Trinajstić information content (AvgIpc) is 2.36. The molecule has 1 amide bonds. The molecule has 0 saturated heterocycles. The summed E-state index contributed by atoms with van der Waals surface area (Å²) in [4.78, 5) is 12.0. The third-order valence-electron chi connectivity index (χ3n) is 2.80. The van der Waals surface area contributed by atoms with Crippen molar-refractivity contribution in [2.75, 3.05) is 38.4 Å². The van der Waals surface area contributed by atoms with Crippen LogP contribution < -0.4 is 5.32 Å². The van der Waals surface area contributed by atoms with Gasteiger partial charge in [0.15, 0.2) is 0 Å². The molecule has 1 aromatic rings. The lowest BCUT2D eigenvalue weighted by atomic mass is 10.2. The van der Waals surface area contributed by atoms with Gasteiger partial charge >= 0.3 is 0 Å². The van der Waals surface area contributed by atoms with Gasteiger partial charge in [-0.2, -0.15) is 4.31 Å². The molecular weight excluding hydrogens is 316 g/mol. The number of aryl methyl sites for hydroxylation is 1. The quantitative estimate of drug-likeness (QED) is 0.819. The standard InChI is InChI=1S/C13H19ClN2O4S/c1-10-8-11(14)4-5-12(10)15-13(17)9-16(6-7-20-2)21(3,18)19/h4-5,8H,6-7,9H2,1-3H3,(H,15,17). The zero-order valence-electron chi connectivity index (χ0n) is 12.2. The summed E-state index contributed by atoms with van der Waals surface area (Å²) in [6.45, 7) is 1.90. The Hall–Kier alpha value is -1.15. The Balaban J connectivity index is 2.74. The molecule has 21 heavy (non-hydrogen) atoms. The molecule has 8 heteroatoms. The zero-order chi connectivity index (χ0) is 16.0. The van der Waals surface area contributed by atoms with Crippen molar-refractivity contribution in [3.63, 3.8) is 0 Å². The highest BCUT2D eigenvalue weighted by atomic mass is 35.5. The lowest BCUT2D eigenvalue weighted by molar-refractivity contribution is -0.116. The predicted molar refractivity (Wildman–Crippen MR) is 83.1 cm³/mol. The lowest BCUT2D eigenvalue weighted by Crippen LogP contribution is -2.39. The molecule has 0 radical (unpaired) electrons. The highest BCUT2D eigenvalue weighted by Crippen LogP contribution is 2.19. The van der Waals surface area contributed by atoms with Crippen molar-refractivity contribution in [1.82, 2.24) is 4.31 Å². The van der Waals surface area contributed by atoms with Crippen molar-refractivity contribution < 1.29 is 17.9 Å². The number of benzene rings is 1. The zero-order valence-corrected chi connectivity index (χ0v) is 13.8. The van der Waals surface area contributed by atoms with Gasteiger partial charge in [0.05, 0.1) is 19.4 Å². The van der Waals surface area contributed by atoms with E-state index in [1.165, 1.54) is 7.11 Å². The SMILES string of the molecule is COCCN(CC(=O)Nc1ccc(Cl)cc1C)S(C)(=O)=O. The van der Waals surface area contributed by atoms with Gasteiger partial charge in [-0.1, -0.05) is 11.6 Å². The number of nitrogens with one attached hydrogen (secondary N) is 1. The van der Waals surface area contributed by atoms with Gasteiger partial charge in [-0.3, -0.25) is 4.79 Å². The Morgan fingerprint density at radius 1 is 1.43 bits per heavy atom. The fourth-order valence-corrected chi connectivity index (χ4v) is 2.66. The lowest BCUT2D eigenvalue weighted by Gasteiger charge is -2.19. The molecule has 0 heterocycles. The molecule has 1 rings (SSSR count). The van der Waals surface area contributed by atoms with Crippen LogP contribution in [0.3, 0.4) is 0 Å². The van der Waals surface area contributed by atoms with E-state index in [1.54, 1.807) is 25.1 Å². The number of amides is 1. The van der Waals surface area contributed by atoms with Crippen LogP contribution in [-0.2, 0) is 19.6 Å². The fourth-order valence-electron chi connectivity index (χ4n) is 1.67. The van der Waals surface area contributed by atoms with E-state index in [-0.39, 0.29) is 19.7 Å². The molecular formula is C13H19ClN2O4S. The van der Waals surface area contributed by atoms with Gasteiger partial charge in [-0.25, -0.2) is 8.42 Å². The van der Waals surface area contributed by atoms with Gasteiger partial charge in [-0.05, 0) is 30.7 Å². The molecule has 0 unspecified atom stereocenters. The maximum atomic E-state index is 12.0. The van der Waals surface area contributed by atoms with Crippen molar-refractivity contribution in [3.8, 4) is 0 Å². The number of sulfonamides is 1. The van der Waals surface area contributed by atoms with Gasteiger partial charge in [0.1, 0.15) is 0 Å². The van der Waals surface area contributed by atoms with E-state index in [9.17, 15) is 13.2 Å². The first-order valence-corrected chi connectivity index (χ1v) is 8.46. The van der Waals surface area contributed by atoms with Crippen LogP contribution in [0.4, 0.5) is 5.69 Å². The maximum absolute atomic E-state index is 12.0. The van der Waals surface area contributed by atoms with Gasteiger partial charge in [0, 0.05) is 24.4 Å². The van der Waals surface area contributed by atoms with E-state index >= 15 is 0 Å². The molecule has 0 spiro atoms. The van der Waals surface area contributed by atoms with Crippen LogP contribution in [0.1, 0.15) is 5.56 Å². The summed E-state index contributed by atoms with van der Waals surface area (Å²) in [6, 6.07) is 5.05. The summed E-state index contributed by atoms with van der Waals surface area (Å²) in [5.74, 6) is -0.415. The fraction of sp³-hybridized carbons (Fsp3) is 0.462. The van der Waals surface area contributed by atoms with E-state index in [0.717, 1.165) is 16.1 Å². The molecule has 0 atom stereocenters. The minimum atomic E-state index is -3.47. The third-order valence-corrected chi connectivity index (χ3v) is 4.28. The Bertz CT molecular complexity index is 604. The molecule has 0 aliphatic rings. The predicted octanol–water partition coefficient (Wildman–Crippen LogP) is 1.49. The van der Waals surface area contributed by atoms with Crippen LogP contribution in [-0.4, -0.2) is 51.7 Å². The first-order chi connectivity index (χ1) is 9.74. The van der Waals surface area contributed by atoms with Crippen LogP contribution in [0.2, 0.25) is 5.02 Å². The van der Waals surface area contributed by atoms with Crippen molar-refractivity contribution in [2.45, 2.75) is 6.92 Å². The van der Waals surface area contributed by atoms with E-state index in [2.05, 4.69) is 5.32 Å². The monoisotopic (exact) mass is 334 g/mol. The van der Waals surface area contributed by atoms with E-state index in [4.69, 9.17) is 16.3 Å². The number of rotatable bonds is 7. The van der Waals surface area contributed by atoms with Crippen molar-refractivity contribution in [3.05, 3.63) is 28.8 Å². The van der Waals surface area contributed by atoms with Crippen LogP contribution in [0, 0.1) is 6.92 Å². The smallest absolute Gasteiger partial charge is 0.239 e. The van der Waals surface area contributed by atoms with E-state index in [1.807, 2.05) is 0 Å². The Morgan fingerprint density at radius 3 is 2.62 bits per heavy atom. The van der Waals surface area contributed by atoms with Crippen molar-refractivity contribution in [1.29, 1.82) is 0 Å². The highest BCUT2D eigenvalue weighted by molar-refractivity contribution is 7.88. The van der Waals surface area contributed by atoms with E-state index < -0.39 is 15.9 Å². The number of halogens is 1. The first-order valence-electron chi connectivity index (χ1n) is 6.24. The Labute approximate surface area is 130 Å². The molecule has 0 aromatic heterocycles. The largest absolute Gasteiger partial charge is 0.383 e. The number of hydrogen-bond acceptors (Lipinski definition) is 4. The second-order valence-electron chi connectivity index (χ2n) is 4.60. The Kier molecular flexibility index (Phi) is 6.60. The first kappa shape index (κ1) is 17.9. The number of methoxy groups -OCH3 is 1. The number of nitrogens with zero attached hydrogens (tertiary/aromatic N) is 1. The average molecular weight is 335 g/mol. The second kappa shape index (κ2) is 7.74. The molecule has 0 aliphatic heterocycles. The summed E-state index contributed by atoms with van der Waals surface area (Å²) in [6.07, 6.45) is 1.06. The van der Waals surface area contributed by atoms with Crippen molar-refractivity contribution in [2.24, 2.45) is 0 Å². The number of ether oxygens (including phenoxy) is 1. The summed E-state index contributed by atoms with van der Waals surface area (Å²) < 4.78 is 29.1. The molecule has 118 valence electrons. The number of carbonyl (C=O) groups is 1. The number of carbonyl (C=O) groups excluding carboxylic acids is 1. The topological polar surface area (TPSA) is 75.7 Å². The van der Waals surface area contributed by atoms with Gasteiger partial charge in [-0.15, -0.1) is 0 Å². The Morgan fingerprint density at radius 2 is 2.10 bits per heavy atom.